The van der Waals surface area contributed by atoms with Crippen molar-refractivity contribution in [2.75, 3.05) is 39.3 Å². The standard InChI is InChI=1S/C24H41N5O7/c1-13(2)25-24(34)28-11-16-10-27(5-6-35-16)23(33)17-7-15(9-29(17)14(3)4)26-20(30)8-18-21(31)22(32)19(12-28)36-18/h13-19,21-22,31-32H,5-12H2,1-4H3,(H,25,34)(H,26,30)/t15-,16-,17-,18-,19+,21-,22+/m0/s1. The molecular weight excluding hydrogens is 470 g/mol. The number of hydrogen-bond acceptors (Lipinski definition) is 8. The van der Waals surface area contributed by atoms with Crippen LogP contribution >= 0.6 is 0 Å². The van der Waals surface area contributed by atoms with Crippen LogP contribution in [0.3, 0.4) is 0 Å². The number of ether oxygens (including phenoxy) is 2. The van der Waals surface area contributed by atoms with Crippen molar-refractivity contribution in [3.63, 3.8) is 0 Å². The van der Waals surface area contributed by atoms with Crippen molar-refractivity contribution in [3.8, 4) is 0 Å². The number of rotatable bonds is 2. The van der Waals surface area contributed by atoms with E-state index in [0.717, 1.165) is 0 Å². The first kappa shape index (κ1) is 27.1. The zero-order valence-corrected chi connectivity index (χ0v) is 21.6. The van der Waals surface area contributed by atoms with Crippen LogP contribution in [0.4, 0.5) is 4.79 Å². The summed E-state index contributed by atoms with van der Waals surface area (Å²) in [5.41, 5.74) is 0. The van der Waals surface area contributed by atoms with Crippen LogP contribution in [-0.4, -0.2) is 137 Å². The van der Waals surface area contributed by atoms with Crippen molar-refractivity contribution in [2.45, 2.75) is 95.2 Å². The molecule has 4 fully saturated rings. The Balaban J connectivity index is 1.61. The second kappa shape index (κ2) is 11.2. The molecule has 0 aromatic carbocycles. The highest BCUT2D eigenvalue weighted by Crippen LogP contribution is 2.27. The van der Waals surface area contributed by atoms with Gasteiger partial charge < -0.3 is 40.1 Å². The smallest absolute Gasteiger partial charge is 0.317 e. The van der Waals surface area contributed by atoms with Crippen molar-refractivity contribution >= 4 is 17.8 Å². The second-order valence-electron chi connectivity index (χ2n) is 11.0. The zero-order valence-electron chi connectivity index (χ0n) is 21.6. The van der Waals surface area contributed by atoms with Gasteiger partial charge in [-0.15, -0.1) is 0 Å². The monoisotopic (exact) mass is 511 g/mol. The van der Waals surface area contributed by atoms with E-state index in [1.165, 1.54) is 4.90 Å². The molecular formula is C24H41N5O7. The fraction of sp³-hybridized carbons (Fsp3) is 0.875. The van der Waals surface area contributed by atoms with Gasteiger partial charge in [-0.3, -0.25) is 14.5 Å². The second-order valence-corrected chi connectivity index (χ2v) is 11.0. The number of urea groups is 1. The third-order valence-electron chi connectivity index (χ3n) is 7.47. The van der Waals surface area contributed by atoms with E-state index in [9.17, 15) is 24.6 Å². The minimum absolute atomic E-state index is 0.00766. The van der Waals surface area contributed by atoms with Gasteiger partial charge in [0.1, 0.15) is 18.3 Å². The third-order valence-corrected chi connectivity index (χ3v) is 7.47. The molecule has 4 saturated heterocycles. The van der Waals surface area contributed by atoms with Crippen molar-refractivity contribution in [3.05, 3.63) is 0 Å². The number of aliphatic hydroxyl groups is 2. The lowest BCUT2D eigenvalue weighted by atomic mass is 10.0. The Hall–Kier alpha value is -1.99. The summed E-state index contributed by atoms with van der Waals surface area (Å²) in [6.45, 7) is 9.67. The maximum atomic E-state index is 13.6. The van der Waals surface area contributed by atoms with E-state index in [1.54, 1.807) is 4.90 Å². The van der Waals surface area contributed by atoms with Crippen molar-refractivity contribution < 1.29 is 34.1 Å². The van der Waals surface area contributed by atoms with Crippen LogP contribution in [0.15, 0.2) is 0 Å². The number of likely N-dealkylation sites (tertiary alicyclic amines) is 1. The predicted octanol–water partition coefficient (Wildman–Crippen LogP) is -1.51. The van der Waals surface area contributed by atoms with Crippen LogP contribution < -0.4 is 10.6 Å². The Morgan fingerprint density at radius 1 is 1.06 bits per heavy atom. The highest BCUT2D eigenvalue weighted by molar-refractivity contribution is 5.83. The molecule has 4 N–H and O–H groups in total. The van der Waals surface area contributed by atoms with Crippen molar-refractivity contribution in [1.82, 2.24) is 25.3 Å². The van der Waals surface area contributed by atoms with Gasteiger partial charge in [-0.25, -0.2) is 4.79 Å². The molecule has 4 aliphatic rings. The molecule has 0 aromatic heterocycles. The highest BCUT2D eigenvalue weighted by atomic mass is 16.5. The molecule has 4 heterocycles. The predicted molar refractivity (Wildman–Crippen MR) is 129 cm³/mol. The van der Waals surface area contributed by atoms with Crippen LogP contribution in [0.5, 0.6) is 0 Å². The molecule has 12 nitrogen and oxygen atoms in total. The molecule has 0 aliphatic carbocycles. The lowest BCUT2D eigenvalue weighted by molar-refractivity contribution is -0.144. The Morgan fingerprint density at radius 3 is 2.47 bits per heavy atom. The number of nitrogens with one attached hydrogen (secondary N) is 2. The number of morpholine rings is 1. The molecule has 4 rings (SSSR count). The van der Waals surface area contributed by atoms with Gasteiger partial charge in [0.15, 0.2) is 0 Å². The SMILES string of the molecule is CC(C)NC(=O)N1C[C@@H]2CN(CCO2)C(=O)[C@@H]2C[C@@H](CN2C(C)C)NC(=O)C[C@@H]2O[C@H](C1)[C@@H](O)[C@H]2O. The van der Waals surface area contributed by atoms with Gasteiger partial charge in [0.2, 0.25) is 11.8 Å². The summed E-state index contributed by atoms with van der Waals surface area (Å²) in [7, 11) is 0. The van der Waals surface area contributed by atoms with Gasteiger partial charge in [0.25, 0.3) is 0 Å². The lowest BCUT2D eigenvalue weighted by Crippen LogP contribution is -2.57. The zero-order chi connectivity index (χ0) is 26.1. The molecule has 0 radical (unpaired) electrons. The van der Waals surface area contributed by atoms with E-state index in [0.29, 0.717) is 32.7 Å². The average Bonchev–Trinajstić information content (AvgIpc) is 3.34. The first-order chi connectivity index (χ1) is 17.0. The molecule has 6 bridgehead atoms. The van der Waals surface area contributed by atoms with Gasteiger partial charge >= 0.3 is 6.03 Å². The van der Waals surface area contributed by atoms with Crippen LogP contribution in [0.2, 0.25) is 0 Å². The summed E-state index contributed by atoms with van der Waals surface area (Å²) in [6, 6.07) is -0.910. The molecule has 4 aliphatic heterocycles. The van der Waals surface area contributed by atoms with Gasteiger partial charge in [-0.1, -0.05) is 0 Å². The molecule has 12 heteroatoms. The fourth-order valence-corrected chi connectivity index (χ4v) is 5.68. The molecule has 4 amide bonds. The number of aliphatic hydroxyl groups excluding tert-OH is 2. The van der Waals surface area contributed by atoms with E-state index in [4.69, 9.17) is 9.47 Å². The largest absolute Gasteiger partial charge is 0.388 e. The Kier molecular flexibility index (Phi) is 8.40. The van der Waals surface area contributed by atoms with Crippen LogP contribution in [0.1, 0.15) is 40.5 Å². The van der Waals surface area contributed by atoms with E-state index in [2.05, 4.69) is 15.5 Å². The number of hydrogen-bond donors (Lipinski definition) is 4. The summed E-state index contributed by atoms with van der Waals surface area (Å²) >= 11 is 0. The summed E-state index contributed by atoms with van der Waals surface area (Å²) in [5.74, 6) is -0.296. The Bertz CT molecular complexity index is 827. The van der Waals surface area contributed by atoms with Gasteiger partial charge in [-0.05, 0) is 34.1 Å². The Morgan fingerprint density at radius 2 is 1.78 bits per heavy atom. The first-order valence-corrected chi connectivity index (χ1v) is 13.1. The number of carbonyl (C=O) groups excluding carboxylic acids is 3. The summed E-state index contributed by atoms with van der Waals surface area (Å²) in [6.07, 6.45) is -4.29. The maximum Gasteiger partial charge on any atom is 0.317 e. The fourth-order valence-electron chi connectivity index (χ4n) is 5.68. The molecule has 204 valence electrons. The molecule has 0 spiro atoms. The third kappa shape index (κ3) is 5.94. The van der Waals surface area contributed by atoms with Crippen LogP contribution in [0, 0.1) is 0 Å². The Labute approximate surface area is 212 Å². The quantitative estimate of drug-likeness (QED) is 0.351. The number of carbonyl (C=O) groups is 3. The van der Waals surface area contributed by atoms with Gasteiger partial charge in [0, 0.05) is 37.8 Å². The lowest BCUT2D eigenvalue weighted by Gasteiger charge is -2.39. The summed E-state index contributed by atoms with van der Waals surface area (Å²) in [5, 5.41) is 27.1. The minimum Gasteiger partial charge on any atom is -0.388 e. The molecule has 0 unspecified atom stereocenters. The van der Waals surface area contributed by atoms with Crippen molar-refractivity contribution in [1.29, 1.82) is 0 Å². The summed E-state index contributed by atoms with van der Waals surface area (Å²) in [4.78, 5) is 44.9. The van der Waals surface area contributed by atoms with E-state index in [1.807, 2.05) is 27.7 Å². The van der Waals surface area contributed by atoms with Crippen LogP contribution in [0.25, 0.3) is 0 Å². The van der Waals surface area contributed by atoms with Gasteiger partial charge in [0.05, 0.1) is 44.4 Å². The maximum absolute atomic E-state index is 13.6. The van der Waals surface area contributed by atoms with Crippen LogP contribution in [-0.2, 0) is 19.1 Å². The van der Waals surface area contributed by atoms with E-state index in [-0.39, 0.29) is 61.5 Å². The molecule has 36 heavy (non-hydrogen) atoms. The first-order valence-electron chi connectivity index (χ1n) is 13.1. The van der Waals surface area contributed by atoms with Gasteiger partial charge in [-0.2, -0.15) is 0 Å². The topological polar surface area (TPSA) is 144 Å². The minimum atomic E-state index is -1.25. The normalized spacial score (nSPS) is 36.5. The molecule has 7 atom stereocenters. The molecule has 0 saturated carbocycles. The number of amides is 4. The number of nitrogens with zero attached hydrogens (tertiary/aromatic N) is 3. The highest BCUT2D eigenvalue weighted by Gasteiger charge is 2.46. The van der Waals surface area contributed by atoms with Crippen molar-refractivity contribution in [2.24, 2.45) is 0 Å². The summed E-state index contributed by atoms with van der Waals surface area (Å²) < 4.78 is 11.8. The number of fused-ring (bicyclic) bond motifs is 6. The average molecular weight is 512 g/mol. The van der Waals surface area contributed by atoms with E-state index < -0.39 is 30.5 Å². The molecule has 0 aromatic rings. The van der Waals surface area contributed by atoms with E-state index >= 15 is 0 Å².